The van der Waals surface area contributed by atoms with E-state index in [4.69, 9.17) is 4.74 Å². The van der Waals surface area contributed by atoms with E-state index in [9.17, 15) is 19.8 Å². The van der Waals surface area contributed by atoms with Gasteiger partial charge in [0.2, 0.25) is 12.3 Å². The van der Waals surface area contributed by atoms with Gasteiger partial charge in [-0.05, 0) is 83.2 Å². The Hall–Kier alpha value is -2.36. The Morgan fingerprint density at radius 3 is 2.47 bits per heavy atom. The highest BCUT2D eigenvalue weighted by molar-refractivity contribution is 5.82. The number of amides is 1. The van der Waals surface area contributed by atoms with Gasteiger partial charge in [0.15, 0.2) is 0 Å². The Kier molecular flexibility index (Phi) is 6.81. The van der Waals surface area contributed by atoms with E-state index in [2.05, 4.69) is 23.2 Å². The van der Waals surface area contributed by atoms with Gasteiger partial charge in [0, 0.05) is 13.5 Å². The highest BCUT2D eigenvalue weighted by Gasteiger charge is 2.43. The summed E-state index contributed by atoms with van der Waals surface area (Å²) in [7, 11) is 1.86. The van der Waals surface area contributed by atoms with Gasteiger partial charge in [0.05, 0.1) is 24.0 Å². The molecule has 2 fully saturated rings. The zero-order valence-corrected chi connectivity index (χ0v) is 20.9. The summed E-state index contributed by atoms with van der Waals surface area (Å²) in [5.41, 5.74) is 3.75. The number of esters is 1. The molecule has 1 aromatic carbocycles. The molecule has 1 amide bonds. The monoisotopic (exact) mass is 474 g/mol. The lowest BCUT2D eigenvalue weighted by Crippen LogP contribution is -2.59. The summed E-state index contributed by atoms with van der Waals surface area (Å²) < 4.78 is 5.46. The van der Waals surface area contributed by atoms with E-state index in [-0.39, 0.29) is 11.9 Å². The molecule has 3 atom stereocenters. The molecular weight excluding hydrogens is 436 g/mol. The number of benzene rings is 1. The van der Waals surface area contributed by atoms with Gasteiger partial charge in [-0.15, -0.1) is 0 Å². The van der Waals surface area contributed by atoms with E-state index < -0.39 is 24.2 Å². The zero-order valence-electron chi connectivity index (χ0n) is 20.9. The molecule has 9 heteroatoms. The van der Waals surface area contributed by atoms with Gasteiger partial charge >= 0.3 is 5.97 Å². The number of piperidine rings is 2. The predicted octanol–water partition coefficient (Wildman–Crippen LogP) is 1.65. The Bertz CT molecular complexity index is 938. The minimum atomic E-state index is -1.02. The van der Waals surface area contributed by atoms with Crippen molar-refractivity contribution >= 4 is 23.3 Å². The van der Waals surface area contributed by atoms with Gasteiger partial charge in [-0.2, -0.15) is 0 Å². The topological polar surface area (TPSA) is 106 Å². The third-order valence-corrected chi connectivity index (χ3v) is 7.18. The molecule has 0 radical (unpaired) electrons. The van der Waals surface area contributed by atoms with Crippen molar-refractivity contribution in [1.29, 1.82) is 0 Å². The molecule has 0 saturated carbocycles. The second kappa shape index (κ2) is 9.36. The van der Waals surface area contributed by atoms with Crippen LogP contribution in [-0.4, -0.2) is 77.9 Å². The Balaban J connectivity index is 1.47. The third-order valence-electron chi connectivity index (χ3n) is 7.18. The molecule has 3 aliphatic heterocycles. The average molecular weight is 475 g/mol. The quantitative estimate of drug-likeness (QED) is 0.566. The highest BCUT2D eigenvalue weighted by Crippen LogP contribution is 2.46. The number of hydrogen-bond donors (Lipinski definition) is 3. The van der Waals surface area contributed by atoms with Gasteiger partial charge in [-0.3, -0.25) is 14.5 Å². The largest absolute Gasteiger partial charge is 0.459 e. The summed E-state index contributed by atoms with van der Waals surface area (Å²) in [6, 6.07) is 3.77. The molecule has 3 unspecified atom stereocenters. The van der Waals surface area contributed by atoms with Crippen LogP contribution in [0, 0.1) is 6.92 Å². The van der Waals surface area contributed by atoms with Crippen LogP contribution in [0.5, 0.6) is 0 Å². The van der Waals surface area contributed by atoms with Crippen molar-refractivity contribution in [3.63, 3.8) is 0 Å². The molecule has 1 aromatic rings. The van der Waals surface area contributed by atoms with E-state index in [1.807, 2.05) is 43.7 Å². The van der Waals surface area contributed by atoms with Crippen LogP contribution in [0.1, 0.15) is 63.5 Å². The Labute approximate surface area is 201 Å². The van der Waals surface area contributed by atoms with Crippen molar-refractivity contribution in [3.8, 4) is 0 Å². The van der Waals surface area contributed by atoms with Gasteiger partial charge < -0.3 is 30.1 Å². The molecule has 34 heavy (non-hydrogen) atoms. The second-order valence-electron chi connectivity index (χ2n) is 10.8. The molecule has 3 heterocycles. The van der Waals surface area contributed by atoms with E-state index in [0.717, 1.165) is 42.9 Å². The molecule has 0 bridgehead atoms. The summed E-state index contributed by atoms with van der Waals surface area (Å²) in [6.07, 6.45) is 0.771. The van der Waals surface area contributed by atoms with Crippen LogP contribution < -0.4 is 15.1 Å². The Morgan fingerprint density at radius 2 is 1.85 bits per heavy atom. The number of nitrogens with one attached hydrogen (secondary N) is 1. The maximum Gasteiger partial charge on any atom is 0.320 e. The molecule has 0 aliphatic carbocycles. The number of carbonyl (C=O) groups is 2. The van der Waals surface area contributed by atoms with E-state index in [1.54, 1.807) is 0 Å². The molecule has 188 valence electrons. The van der Waals surface area contributed by atoms with Gasteiger partial charge in [-0.25, -0.2) is 0 Å². The Morgan fingerprint density at radius 1 is 1.18 bits per heavy atom. The van der Waals surface area contributed by atoms with Crippen LogP contribution in [0.3, 0.4) is 0 Å². The fourth-order valence-electron chi connectivity index (χ4n) is 5.59. The number of anilines is 2. The van der Waals surface area contributed by atoms with Crippen LogP contribution >= 0.6 is 0 Å². The number of likely N-dealkylation sites (tertiary alicyclic amines) is 1. The van der Waals surface area contributed by atoms with Crippen molar-refractivity contribution in [2.24, 2.45) is 0 Å². The molecule has 2 saturated heterocycles. The van der Waals surface area contributed by atoms with Crippen molar-refractivity contribution < 1.29 is 24.5 Å². The zero-order chi connectivity index (χ0) is 24.8. The summed E-state index contributed by atoms with van der Waals surface area (Å²) in [5, 5.41) is 24.1. The normalized spacial score (nSPS) is 26.4. The first kappa shape index (κ1) is 24.8. The molecule has 0 spiro atoms. The summed E-state index contributed by atoms with van der Waals surface area (Å²) >= 11 is 0. The maximum atomic E-state index is 12.2. The summed E-state index contributed by atoms with van der Waals surface area (Å²) in [5.74, 6) is 0.0198. The lowest BCUT2D eigenvalue weighted by molar-refractivity contribution is -0.156. The second-order valence-corrected chi connectivity index (χ2v) is 10.8. The van der Waals surface area contributed by atoms with E-state index in [1.165, 1.54) is 5.56 Å². The van der Waals surface area contributed by atoms with Crippen LogP contribution in [0.25, 0.3) is 0 Å². The summed E-state index contributed by atoms with van der Waals surface area (Å²) in [4.78, 5) is 29.7. The number of aliphatic hydroxyl groups excluding tert-OH is 2. The van der Waals surface area contributed by atoms with Gasteiger partial charge in [0.1, 0.15) is 11.8 Å². The third kappa shape index (κ3) is 4.87. The van der Waals surface area contributed by atoms with Crippen LogP contribution in [-0.2, 0) is 14.3 Å². The molecule has 3 aliphatic rings. The van der Waals surface area contributed by atoms with Crippen molar-refractivity contribution in [3.05, 3.63) is 23.3 Å². The van der Waals surface area contributed by atoms with Crippen molar-refractivity contribution in [1.82, 2.24) is 10.2 Å². The first-order valence-corrected chi connectivity index (χ1v) is 12.2. The molecular formula is C25H38N4O5. The maximum absolute atomic E-state index is 12.2. The first-order chi connectivity index (χ1) is 16.0. The van der Waals surface area contributed by atoms with Crippen molar-refractivity contribution in [2.75, 3.05) is 36.5 Å². The molecule has 3 N–H and O–H groups in total. The standard InChI is InChI=1S/C25H38N4O5/c1-15-17(16-10-12-28(13-11-16)14-21(31)34-25(2,3)4)6-7-18-22(15)27(5)24(33)29(18)19-8-9-20(30)26-23(19)32/h6-7,16,19,23-24,32-33H,8-14H2,1-5H3,(H,26,30). The molecule has 9 nitrogen and oxygen atoms in total. The summed E-state index contributed by atoms with van der Waals surface area (Å²) in [6.45, 7) is 9.72. The average Bonchev–Trinajstić information content (AvgIpc) is 2.99. The van der Waals surface area contributed by atoms with E-state index >= 15 is 0 Å². The SMILES string of the molecule is Cc1c(C2CCN(CC(=O)OC(C)(C)C)CC2)ccc2c1N(C)C(O)N2C1CCC(=O)NC1O. The fourth-order valence-corrected chi connectivity index (χ4v) is 5.59. The lowest BCUT2D eigenvalue weighted by atomic mass is 9.86. The number of fused-ring (bicyclic) bond motifs is 1. The lowest BCUT2D eigenvalue weighted by Gasteiger charge is -2.39. The fraction of sp³-hybridized carbons (Fsp3) is 0.680. The number of carbonyl (C=O) groups excluding carboxylic acids is 2. The smallest absolute Gasteiger partial charge is 0.320 e. The van der Waals surface area contributed by atoms with Crippen LogP contribution in [0.15, 0.2) is 12.1 Å². The predicted molar refractivity (Wildman–Crippen MR) is 129 cm³/mol. The number of hydrogen-bond acceptors (Lipinski definition) is 8. The number of nitrogens with zero attached hydrogens (tertiary/aromatic N) is 3. The number of aliphatic hydroxyl groups is 2. The van der Waals surface area contributed by atoms with Gasteiger partial charge in [0.25, 0.3) is 0 Å². The van der Waals surface area contributed by atoms with Crippen LogP contribution in [0.2, 0.25) is 0 Å². The van der Waals surface area contributed by atoms with Crippen molar-refractivity contribution in [2.45, 2.75) is 83.5 Å². The molecule has 4 rings (SSSR count). The first-order valence-electron chi connectivity index (χ1n) is 12.2. The van der Waals surface area contributed by atoms with E-state index in [0.29, 0.717) is 25.3 Å². The highest BCUT2D eigenvalue weighted by atomic mass is 16.6. The molecule has 0 aromatic heterocycles. The number of ether oxygens (including phenoxy) is 1. The van der Waals surface area contributed by atoms with Crippen LogP contribution in [0.4, 0.5) is 11.4 Å². The number of rotatable bonds is 4. The minimum absolute atomic E-state index is 0.171. The van der Waals surface area contributed by atoms with Gasteiger partial charge in [-0.1, -0.05) is 6.07 Å². The minimum Gasteiger partial charge on any atom is -0.459 e.